The topological polar surface area (TPSA) is 39.1 Å². The summed E-state index contributed by atoms with van der Waals surface area (Å²) in [7, 11) is 0. The van der Waals surface area contributed by atoms with Crippen LogP contribution < -0.4 is 10.1 Å². The van der Waals surface area contributed by atoms with Crippen LogP contribution in [0.5, 0.6) is 5.75 Å². The third-order valence-corrected chi connectivity index (χ3v) is 5.01. The van der Waals surface area contributed by atoms with Crippen LogP contribution in [0.2, 0.25) is 5.02 Å². The van der Waals surface area contributed by atoms with Gasteiger partial charge in [0, 0.05) is 41.4 Å². The molecule has 23 heavy (non-hydrogen) atoms. The predicted molar refractivity (Wildman–Crippen MR) is 93.7 cm³/mol. The van der Waals surface area contributed by atoms with E-state index in [1.165, 1.54) is 5.56 Å². The van der Waals surface area contributed by atoms with Crippen LogP contribution >= 0.6 is 11.6 Å². The van der Waals surface area contributed by atoms with Crippen molar-refractivity contribution in [2.24, 2.45) is 0 Å². The van der Waals surface area contributed by atoms with Crippen LogP contribution in [0.4, 0.5) is 0 Å². The minimum Gasteiger partial charge on any atom is -0.493 e. The Bertz CT molecular complexity index is 707. The highest BCUT2D eigenvalue weighted by molar-refractivity contribution is 6.31. The van der Waals surface area contributed by atoms with E-state index >= 15 is 0 Å². The van der Waals surface area contributed by atoms with Gasteiger partial charge in [0.25, 0.3) is 0 Å². The maximum absolute atomic E-state index is 6.55. The molecular formula is C18H24ClN3O. The number of nitrogens with zero attached hydrogens (tertiary/aromatic N) is 2. The molecule has 1 aromatic heterocycles. The van der Waals surface area contributed by atoms with E-state index in [9.17, 15) is 0 Å². The minimum atomic E-state index is 0.0788. The normalized spacial score (nSPS) is 16.2. The van der Waals surface area contributed by atoms with Gasteiger partial charge in [-0.15, -0.1) is 0 Å². The Hall–Kier alpha value is -1.52. The van der Waals surface area contributed by atoms with E-state index < -0.39 is 0 Å². The monoisotopic (exact) mass is 333 g/mol. The number of nitrogens with one attached hydrogen (secondary N) is 1. The predicted octanol–water partition coefficient (Wildman–Crippen LogP) is 3.85. The Kier molecular flexibility index (Phi) is 4.64. The molecule has 2 heterocycles. The second-order valence-corrected chi connectivity index (χ2v) is 6.62. The molecule has 0 amide bonds. The first kappa shape index (κ1) is 16.3. The number of ether oxygens (including phenoxy) is 1. The maximum Gasteiger partial charge on any atom is 0.128 e. The lowest BCUT2D eigenvalue weighted by Gasteiger charge is -2.32. The van der Waals surface area contributed by atoms with E-state index in [0.29, 0.717) is 12.5 Å². The molecular weight excluding hydrogens is 310 g/mol. The molecule has 1 saturated heterocycles. The van der Waals surface area contributed by atoms with Gasteiger partial charge in [-0.05, 0) is 45.4 Å². The lowest BCUT2D eigenvalue weighted by molar-refractivity contribution is 0.318. The van der Waals surface area contributed by atoms with Gasteiger partial charge in [-0.1, -0.05) is 11.6 Å². The van der Waals surface area contributed by atoms with Crippen molar-refractivity contribution in [3.05, 3.63) is 45.7 Å². The largest absolute Gasteiger partial charge is 0.493 e. The van der Waals surface area contributed by atoms with Crippen LogP contribution in [0.25, 0.3) is 0 Å². The number of aromatic nitrogens is 2. The van der Waals surface area contributed by atoms with E-state index in [4.69, 9.17) is 16.3 Å². The summed E-state index contributed by atoms with van der Waals surface area (Å²) >= 11 is 6.55. The molecule has 1 aromatic carbocycles. The number of halogens is 1. The van der Waals surface area contributed by atoms with Crippen LogP contribution in [0.1, 0.15) is 48.2 Å². The number of hydrogen-bond acceptors (Lipinski definition) is 3. The first-order valence-electron chi connectivity index (χ1n) is 8.21. The van der Waals surface area contributed by atoms with Crippen molar-refractivity contribution in [2.45, 2.75) is 39.7 Å². The average molecular weight is 334 g/mol. The fourth-order valence-electron chi connectivity index (χ4n) is 3.16. The lowest BCUT2D eigenvalue weighted by Crippen LogP contribution is -2.40. The zero-order valence-electron chi connectivity index (χ0n) is 14.2. The molecule has 0 radical (unpaired) electrons. The van der Waals surface area contributed by atoms with Gasteiger partial charge in [-0.25, -0.2) is 0 Å². The van der Waals surface area contributed by atoms with E-state index in [-0.39, 0.29) is 6.04 Å². The Balaban J connectivity index is 2.12. The smallest absolute Gasteiger partial charge is 0.128 e. The zero-order valence-corrected chi connectivity index (χ0v) is 14.9. The molecule has 1 aliphatic heterocycles. The van der Waals surface area contributed by atoms with Crippen LogP contribution in [0.3, 0.4) is 0 Å². The molecule has 0 spiro atoms. The fraction of sp³-hybridized carbons (Fsp3) is 0.500. The van der Waals surface area contributed by atoms with Crippen molar-refractivity contribution in [3.63, 3.8) is 0 Å². The summed E-state index contributed by atoms with van der Waals surface area (Å²) in [6.07, 6.45) is 2.01. The summed E-state index contributed by atoms with van der Waals surface area (Å²) in [6, 6.07) is 4.14. The number of hydrogen-bond donors (Lipinski definition) is 1. The van der Waals surface area contributed by atoms with Gasteiger partial charge in [-0.3, -0.25) is 4.68 Å². The number of aryl methyl sites for hydroxylation is 1. The molecule has 0 aliphatic carbocycles. The lowest BCUT2D eigenvalue weighted by atomic mass is 9.86. The van der Waals surface area contributed by atoms with Crippen molar-refractivity contribution < 1.29 is 4.74 Å². The summed E-state index contributed by atoms with van der Waals surface area (Å²) < 4.78 is 8.06. The highest BCUT2D eigenvalue weighted by Gasteiger charge is 2.29. The van der Waals surface area contributed by atoms with E-state index in [1.54, 1.807) is 0 Å². The van der Waals surface area contributed by atoms with Gasteiger partial charge in [0.1, 0.15) is 5.75 Å². The Morgan fingerprint density at radius 3 is 2.70 bits per heavy atom. The van der Waals surface area contributed by atoms with Crippen molar-refractivity contribution >= 4 is 11.6 Å². The van der Waals surface area contributed by atoms with Gasteiger partial charge in [0.15, 0.2) is 0 Å². The molecule has 3 rings (SSSR count). The fourth-order valence-corrected chi connectivity index (χ4v) is 3.38. The molecule has 0 bridgehead atoms. The molecule has 1 atom stereocenters. The van der Waals surface area contributed by atoms with Crippen molar-refractivity contribution in [1.82, 2.24) is 15.1 Å². The van der Waals surface area contributed by atoms with Crippen LogP contribution in [0, 0.1) is 13.8 Å². The molecule has 1 N–H and O–H groups in total. The second-order valence-electron chi connectivity index (χ2n) is 6.22. The van der Waals surface area contributed by atoms with Crippen LogP contribution in [-0.2, 0) is 0 Å². The molecule has 2 aromatic rings. The van der Waals surface area contributed by atoms with Crippen LogP contribution in [-0.4, -0.2) is 29.5 Å². The van der Waals surface area contributed by atoms with Gasteiger partial charge in [-0.2, -0.15) is 5.10 Å². The van der Waals surface area contributed by atoms with Crippen molar-refractivity contribution in [3.8, 4) is 5.75 Å². The molecule has 1 fully saturated rings. The van der Waals surface area contributed by atoms with Gasteiger partial charge >= 0.3 is 0 Å². The number of benzene rings is 1. The highest BCUT2D eigenvalue weighted by atomic mass is 35.5. The number of rotatable bonds is 5. The summed E-state index contributed by atoms with van der Waals surface area (Å²) in [5.74, 6) is 1.46. The third-order valence-electron chi connectivity index (χ3n) is 4.62. The molecule has 5 heteroatoms. The van der Waals surface area contributed by atoms with Crippen LogP contribution in [0.15, 0.2) is 18.3 Å². The van der Waals surface area contributed by atoms with E-state index in [2.05, 4.69) is 24.3 Å². The Morgan fingerprint density at radius 1 is 1.43 bits per heavy atom. The van der Waals surface area contributed by atoms with Crippen molar-refractivity contribution in [1.29, 1.82) is 0 Å². The second kappa shape index (κ2) is 6.54. The standard InChI is InChI=1S/C18H24ClN3O/c1-5-23-18-15(13(4)22-7-6-11(2)21-22)8-16(19)12(3)17(18)14-9-20-10-14/h6-8,13-14,20H,5,9-10H2,1-4H3. The SMILES string of the molecule is CCOc1c(C(C)n2ccc(C)n2)cc(Cl)c(C)c1C1CNC1. The third kappa shape index (κ3) is 2.98. The molecule has 1 aliphatic rings. The quantitative estimate of drug-likeness (QED) is 0.903. The van der Waals surface area contributed by atoms with Gasteiger partial charge in [0.2, 0.25) is 0 Å². The molecule has 124 valence electrons. The zero-order chi connectivity index (χ0) is 16.6. The Labute approximate surface area is 142 Å². The van der Waals surface area contributed by atoms with Gasteiger partial charge in [0.05, 0.1) is 18.3 Å². The molecule has 0 saturated carbocycles. The molecule has 1 unspecified atom stereocenters. The van der Waals surface area contributed by atoms with E-state index in [1.807, 2.05) is 36.9 Å². The highest BCUT2D eigenvalue weighted by Crippen LogP contribution is 2.42. The van der Waals surface area contributed by atoms with Crippen molar-refractivity contribution in [2.75, 3.05) is 19.7 Å². The first-order valence-corrected chi connectivity index (χ1v) is 8.58. The minimum absolute atomic E-state index is 0.0788. The first-order chi connectivity index (χ1) is 11.0. The Morgan fingerprint density at radius 2 is 2.17 bits per heavy atom. The van der Waals surface area contributed by atoms with Gasteiger partial charge < -0.3 is 10.1 Å². The summed E-state index contributed by atoms with van der Waals surface area (Å²) in [4.78, 5) is 0. The summed E-state index contributed by atoms with van der Waals surface area (Å²) in [5, 5.41) is 8.70. The molecule has 4 nitrogen and oxygen atoms in total. The average Bonchev–Trinajstić information content (AvgIpc) is 2.90. The van der Waals surface area contributed by atoms with E-state index in [0.717, 1.165) is 40.7 Å². The maximum atomic E-state index is 6.55. The summed E-state index contributed by atoms with van der Waals surface area (Å²) in [6.45, 7) is 10.9. The summed E-state index contributed by atoms with van der Waals surface area (Å²) in [5.41, 5.74) is 4.50.